The Hall–Kier alpha value is -2.14. The molecule has 0 aliphatic carbocycles. The first-order valence-electron chi connectivity index (χ1n) is 5.80. The lowest BCUT2D eigenvalue weighted by molar-refractivity contribution is -0.384. The van der Waals surface area contributed by atoms with Crippen LogP contribution < -0.4 is 4.74 Å². The summed E-state index contributed by atoms with van der Waals surface area (Å²) in [5.41, 5.74) is 1.40. The zero-order valence-electron chi connectivity index (χ0n) is 10.4. The van der Waals surface area contributed by atoms with Crippen molar-refractivity contribution < 1.29 is 14.1 Å². The maximum Gasteiger partial charge on any atom is 0.269 e. The number of alkyl halides is 1. The van der Waals surface area contributed by atoms with Crippen molar-refractivity contribution in [3.63, 3.8) is 0 Å². The minimum absolute atomic E-state index is 0.0175. The largest absolute Gasteiger partial charge is 0.489 e. The highest BCUT2D eigenvalue weighted by molar-refractivity contribution is 6.17. The first-order valence-corrected chi connectivity index (χ1v) is 6.33. The Morgan fingerprint density at radius 2 is 1.85 bits per heavy atom. The molecule has 0 amide bonds. The standard InChI is InChI=1S/C14H11ClFNO3/c15-8-11-5-12(16)7-14(6-11)20-9-10-1-3-13(4-2-10)17(18)19/h1-7H,8-9H2. The Kier molecular flexibility index (Phi) is 4.53. The summed E-state index contributed by atoms with van der Waals surface area (Å²) in [7, 11) is 0. The van der Waals surface area contributed by atoms with Crippen molar-refractivity contribution in [3.8, 4) is 5.75 Å². The predicted octanol–water partition coefficient (Wildman–Crippen LogP) is 4.05. The zero-order chi connectivity index (χ0) is 14.5. The molecule has 2 rings (SSSR count). The van der Waals surface area contributed by atoms with E-state index in [4.69, 9.17) is 16.3 Å². The first kappa shape index (κ1) is 14.3. The van der Waals surface area contributed by atoms with Gasteiger partial charge >= 0.3 is 0 Å². The number of nitrogens with zero attached hydrogens (tertiary/aromatic N) is 1. The quantitative estimate of drug-likeness (QED) is 0.475. The van der Waals surface area contributed by atoms with Crippen molar-refractivity contribution in [3.05, 3.63) is 69.5 Å². The van der Waals surface area contributed by atoms with Gasteiger partial charge in [-0.1, -0.05) is 0 Å². The number of nitro groups is 1. The number of ether oxygens (including phenoxy) is 1. The van der Waals surface area contributed by atoms with E-state index >= 15 is 0 Å². The SMILES string of the molecule is O=[N+]([O-])c1ccc(COc2cc(F)cc(CCl)c2)cc1. The molecule has 0 fully saturated rings. The van der Waals surface area contributed by atoms with Crippen LogP contribution in [0.5, 0.6) is 5.75 Å². The van der Waals surface area contributed by atoms with Crippen LogP contribution in [0.3, 0.4) is 0 Å². The second kappa shape index (κ2) is 6.34. The fourth-order valence-corrected chi connectivity index (χ4v) is 1.82. The zero-order valence-corrected chi connectivity index (χ0v) is 11.1. The summed E-state index contributed by atoms with van der Waals surface area (Å²) >= 11 is 5.65. The molecule has 0 unspecified atom stereocenters. The number of rotatable bonds is 5. The van der Waals surface area contributed by atoms with Crippen molar-refractivity contribution in [2.45, 2.75) is 12.5 Å². The molecule has 0 heterocycles. The molecule has 0 bridgehead atoms. The molecular formula is C14H11ClFNO3. The summed E-state index contributed by atoms with van der Waals surface area (Å²) in [5, 5.41) is 10.5. The van der Waals surface area contributed by atoms with E-state index in [1.165, 1.54) is 24.3 Å². The summed E-state index contributed by atoms with van der Waals surface area (Å²) < 4.78 is 18.7. The second-order valence-electron chi connectivity index (χ2n) is 4.14. The van der Waals surface area contributed by atoms with Crippen LogP contribution in [0, 0.1) is 15.9 Å². The van der Waals surface area contributed by atoms with E-state index in [0.29, 0.717) is 11.3 Å². The van der Waals surface area contributed by atoms with Gasteiger partial charge in [0, 0.05) is 24.1 Å². The number of nitro benzene ring substituents is 1. The topological polar surface area (TPSA) is 52.4 Å². The van der Waals surface area contributed by atoms with Crippen LogP contribution in [0.15, 0.2) is 42.5 Å². The molecule has 4 nitrogen and oxygen atoms in total. The Balaban J connectivity index is 2.04. The average molecular weight is 296 g/mol. The summed E-state index contributed by atoms with van der Waals surface area (Å²) in [6, 6.07) is 10.2. The summed E-state index contributed by atoms with van der Waals surface area (Å²) in [5.74, 6) is 0.159. The molecule has 2 aromatic rings. The molecule has 0 saturated carbocycles. The van der Waals surface area contributed by atoms with Crippen LogP contribution in [0.4, 0.5) is 10.1 Å². The number of benzene rings is 2. The van der Waals surface area contributed by atoms with E-state index in [1.54, 1.807) is 18.2 Å². The van der Waals surface area contributed by atoms with Crippen molar-refractivity contribution in [1.82, 2.24) is 0 Å². The fourth-order valence-electron chi connectivity index (χ4n) is 1.66. The molecular weight excluding hydrogens is 285 g/mol. The molecule has 0 aliphatic heterocycles. The van der Waals surface area contributed by atoms with E-state index in [-0.39, 0.29) is 18.2 Å². The molecule has 0 radical (unpaired) electrons. The van der Waals surface area contributed by atoms with Crippen LogP contribution in [-0.2, 0) is 12.5 Å². The van der Waals surface area contributed by atoms with Gasteiger partial charge in [0.15, 0.2) is 0 Å². The monoisotopic (exact) mass is 295 g/mol. The molecule has 2 aromatic carbocycles. The number of hydrogen-bond donors (Lipinski definition) is 0. The summed E-state index contributed by atoms with van der Waals surface area (Å²) in [4.78, 5) is 10.1. The maximum absolute atomic E-state index is 13.3. The van der Waals surface area contributed by atoms with E-state index in [0.717, 1.165) is 5.56 Å². The van der Waals surface area contributed by atoms with Crippen LogP contribution >= 0.6 is 11.6 Å². The third-order valence-electron chi connectivity index (χ3n) is 2.64. The lowest BCUT2D eigenvalue weighted by Crippen LogP contribution is -1.97. The normalized spacial score (nSPS) is 10.3. The second-order valence-corrected chi connectivity index (χ2v) is 4.41. The molecule has 0 aliphatic rings. The van der Waals surface area contributed by atoms with Crippen LogP contribution in [0.1, 0.15) is 11.1 Å². The van der Waals surface area contributed by atoms with Gasteiger partial charge in [-0.2, -0.15) is 0 Å². The Bertz CT molecular complexity index is 616. The van der Waals surface area contributed by atoms with E-state index < -0.39 is 10.7 Å². The third-order valence-corrected chi connectivity index (χ3v) is 2.95. The van der Waals surface area contributed by atoms with Crippen molar-refractivity contribution in [2.75, 3.05) is 0 Å². The lowest BCUT2D eigenvalue weighted by Gasteiger charge is -2.07. The van der Waals surface area contributed by atoms with Crippen LogP contribution in [0.2, 0.25) is 0 Å². The van der Waals surface area contributed by atoms with Gasteiger partial charge in [-0.05, 0) is 35.4 Å². The number of halogens is 2. The van der Waals surface area contributed by atoms with Gasteiger partial charge in [0.25, 0.3) is 5.69 Å². The van der Waals surface area contributed by atoms with Crippen LogP contribution in [0.25, 0.3) is 0 Å². The van der Waals surface area contributed by atoms with Crippen molar-refractivity contribution in [2.24, 2.45) is 0 Å². The van der Waals surface area contributed by atoms with Crippen molar-refractivity contribution >= 4 is 17.3 Å². The molecule has 0 saturated heterocycles. The van der Waals surface area contributed by atoms with E-state index in [1.807, 2.05) is 0 Å². The lowest BCUT2D eigenvalue weighted by atomic mass is 10.2. The van der Waals surface area contributed by atoms with Crippen LogP contribution in [-0.4, -0.2) is 4.92 Å². The van der Waals surface area contributed by atoms with Gasteiger partial charge in [-0.25, -0.2) is 4.39 Å². The third kappa shape index (κ3) is 3.68. The average Bonchev–Trinajstić information content (AvgIpc) is 2.45. The number of hydrogen-bond acceptors (Lipinski definition) is 3. The summed E-state index contributed by atoms with van der Waals surface area (Å²) in [6.45, 7) is 0.198. The first-order chi connectivity index (χ1) is 9.58. The van der Waals surface area contributed by atoms with Gasteiger partial charge < -0.3 is 4.74 Å². The van der Waals surface area contributed by atoms with Gasteiger partial charge in [-0.15, -0.1) is 11.6 Å². The van der Waals surface area contributed by atoms with Crippen molar-refractivity contribution in [1.29, 1.82) is 0 Å². The fraction of sp³-hybridized carbons (Fsp3) is 0.143. The highest BCUT2D eigenvalue weighted by atomic mass is 35.5. The smallest absolute Gasteiger partial charge is 0.269 e. The highest BCUT2D eigenvalue weighted by Gasteiger charge is 2.05. The van der Waals surface area contributed by atoms with E-state index in [9.17, 15) is 14.5 Å². The Labute approximate surface area is 119 Å². The molecule has 104 valence electrons. The predicted molar refractivity (Wildman–Crippen MR) is 73.4 cm³/mol. The maximum atomic E-state index is 13.3. The molecule has 0 spiro atoms. The Morgan fingerprint density at radius 3 is 2.45 bits per heavy atom. The molecule has 0 aromatic heterocycles. The molecule has 20 heavy (non-hydrogen) atoms. The number of non-ortho nitro benzene ring substituents is 1. The van der Waals surface area contributed by atoms with Gasteiger partial charge in [-0.3, -0.25) is 10.1 Å². The van der Waals surface area contributed by atoms with Gasteiger partial charge in [0.1, 0.15) is 18.2 Å². The molecule has 0 N–H and O–H groups in total. The molecule has 0 atom stereocenters. The Morgan fingerprint density at radius 1 is 1.15 bits per heavy atom. The van der Waals surface area contributed by atoms with Gasteiger partial charge in [0.05, 0.1) is 4.92 Å². The summed E-state index contributed by atoms with van der Waals surface area (Å²) in [6.07, 6.45) is 0. The minimum atomic E-state index is -0.468. The minimum Gasteiger partial charge on any atom is -0.489 e. The molecule has 6 heteroatoms. The highest BCUT2D eigenvalue weighted by Crippen LogP contribution is 2.20. The van der Waals surface area contributed by atoms with Gasteiger partial charge in [0.2, 0.25) is 0 Å². The van der Waals surface area contributed by atoms with E-state index in [2.05, 4.69) is 0 Å².